The molecule has 0 fully saturated rings. The van der Waals surface area contributed by atoms with Crippen molar-refractivity contribution in [2.75, 3.05) is 18.4 Å². The number of hydrazine groups is 1. The molecule has 0 spiro atoms. The number of hydroxylamine groups is 2. The van der Waals surface area contributed by atoms with Gasteiger partial charge < -0.3 is 5.32 Å². The maximum Gasteiger partial charge on any atom is 0.243 e. The molecule has 0 unspecified atom stereocenters. The van der Waals surface area contributed by atoms with Crippen LogP contribution in [0.2, 0.25) is 0 Å². The van der Waals surface area contributed by atoms with Gasteiger partial charge in [0.05, 0.1) is 30.4 Å². The van der Waals surface area contributed by atoms with Gasteiger partial charge in [-0.05, 0) is 18.6 Å². The van der Waals surface area contributed by atoms with Crippen molar-refractivity contribution >= 4 is 29.5 Å². The van der Waals surface area contributed by atoms with Gasteiger partial charge in [0.25, 0.3) is 0 Å². The molecule has 0 saturated heterocycles. The molecule has 2 rings (SSSR count). The molecule has 8 nitrogen and oxygen atoms in total. The van der Waals surface area contributed by atoms with Gasteiger partial charge in [0.2, 0.25) is 12.3 Å². The largest absolute Gasteiger partial charge is 0.376 e. The minimum atomic E-state index is -0.487. The Morgan fingerprint density at radius 1 is 1.44 bits per heavy atom. The summed E-state index contributed by atoms with van der Waals surface area (Å²) >= 11 is 0. The van der Waals surface area contributed by atoms with E-state index in [1.807, 2.05) is 24.3 Å². The van der Waals surface area contributed by atoms with Crippen LogP contribution in [0.5, 0.6) is 0 Å². The number of hydrogen-bond donors (Lipinski definition) is 4. The fraction of sp³-hybridized carbons (Fsp3) is 0.471. The van der Waals surface area contributed by atoms with Crippen LogP contribution in [0, 0.1) is 5.92 Å². The van der Waals surface area contributed by atoms with Crippen molar-refractivity contribution in [2.24, 2.45) is 10.9 Å². The quantitative estimate of drug-likeness (QED) is 0.248. The Bertz CT molecular complexity index is 620. The summed E-state index contributed by atoms with van der Waals surface area (Å²) < 4.78 is 0. The molecule has 1 heterocycles. The third kappa shape index (κ3) is 5.75. The smallest absolute Gasteiger partial charge is 0.243 e. The number of carbonyl (C=O) groups is 2. The van der Waals surface area contributed by atoms with Crippen molar-refractivity contribution < 1.29 is 14.8 Å². The lowest BCUT2D eigenvalue weighted by molar-refractivity contribution is -0.154. The number of nitrogens with one attached hydrogen (secondary N) is 3. The molecule has 0 bridgehead atoms. The highest BCUT2D eigenvalue weighted by Crippen LogP contribution is 2.26. The lowest BCUT2D eigenvalue weighted by Gasteiger charge is -2.22. The first-order chi connectivity index (χ1) is 12.1. The number of para-hydroxylation sites is 2. The molecule has 0 aromatic heterocycles. The first-order valence-corrected chi connectivity index (χ1v) is 8.51. The second-order valence-electron chi connectivity index (χ2n) is 5.96. The van der Waals surface area contributed by atoms with Crippen LogP contribution in [0.15, 0.2) is 29.3 Å². The average Bonchev–Trinajstić information content (AvgIpc) is 2.65. The van der Waals surface area contributed by atoms with Gasteiger partial charge in [0, 0.05) is 0 Å². The number of hydrogen-bond acceptors (Lipinski definition) is 6. The molecular weight excluding hydrogens is 322 g/mol. The zero-order valence-electron chi connectivity index (χ0n) is 14.4. The predicted octanol–water partition coefficient (Wildman–Crippen LogP) is 1.81. The van der Waals surface area contributed by atoms with Gasteiger partial charge in [-0.1, -0.05) is 38.3 Å². The Morgan fingerprint density at radius 2 is 2.24 bits per heavy atom. The number of rotatable bonds is 8. The summed E-state index contributed by atoms with van der Waals surface area (Å²) in [6.45, 7) is 2.51. The fourth-order valence-electron chi connectivity index (χ4n) is 2.61. The van der Waals surface area contributed by atoms with E-state index in [0.717, 1.165) is 30.6 Å². The molecule has 1 aromatic carbocycles. The van der Waals surface area contributed by atoms with E-state index >= 15 is 0 Å². The molecule has 0 saturated carbocycles. The van der Waals surface area contributed by atoms with Crippen molar-refractivity contribution in [3.8, 4) is 0 Å². The number of benzene rings is 1. The number of unbranched alkanes of at least 4 members (excludes halogenated alkanes) is 2. The van der Waals surface area contributed by atoms with Crippen LogP contribution >= 0.6 is 0 Å². The lowest BCUT2D eigenvalue weighted by Crippen LogP contribution is -2.48. The van der Waals surface area contributed by atoms with Crippen molar-refractivity contribution in [3.05, 3.63) is 24.3 Å². The summed E-state index contributed by atoms with van der Waals surface area (Å²) in [5.41, 5.74) is 7.19. The standard InChI is InChI=1S/C17H25N5O3/c1-2-3-4-7-13(11-22(25)12-23)17(24)21-20-16-10-18-14-8-5-6-9-15(14)19-16/h5-6,8-9,12-13,18,25H,2-4,7,10-11H2,1H3,(H,19,20)(H,21,24)/t13-/m0/s1. The van der Waals surface area contributed by atoms with Crippen LogP contribution in [-0.4, -0.2) is 41.5 Å². The Balaban J connectivity index is 1.91. The van der Waals surface area contributed by atoms with Crippen LogP contribution in [-0.2, 0) is 9.59 Å². The van der Waals surface area contributed by atoms with Gasteiger partial charge in [-0.25, -0.2) is 10.1 Å². The molecule has 2 amide bonds. The Labute approximate surface area is 147 Å². The molecule has 1 aliphatic heterocycles. The number of amides is 2. The first-order valence-electron chi connectivity index (χ1n) is 8.51. The van der Waals surface area contributed by atoms with Gasteiger partial charge in [0.1, 0.15) is 5.84 Å². The topological polar surface area (TPSA) is 106 Å². The van der Waals surface area contributed by atoms with Crippen molar-refractivity contribution in [2.45, 2.75) is 32.6 Å². The molecule has 1 aliphatic rings. The normalized spacial score (nSPS) is 13.8. The zero-order valence-corrected chi connectivity index (χ0v) is 14.4. The molecule has 25 heavy (non-hydrogen) atoms. The highest BCUT2D eigenvalue weighted by Gasteiger charge is 2.21. The summed E-state index contributed by atoms with van der Waals surface area (Å²) in [5.74, 6) is -0.173. The number of carbonyl (C=O) groups excluding carboxylic acids is 2. The summed E-state index contributed by atoms with van der Waals surface area (Å²) in [5, 5.41) is 13.1. The second kappa shape index (κ2) is 9.63. The van der Waals surface area contributed by atoms with Crippen LogP contribution in [0.4, 0.5) is 11.4 Å². The maximum atomic E-state index is 12.4. The second-order valence-corrected chi connectivity index (χ2v) is 5.96. The number of fused-ring (bicyclic) bond motifs is 1. The Kier molecular flexibility index (Phi) is 7.21. The van der Waals surface area contributed by atoms with Crippen LogP contribution < -0.4 is 16.2 Å². The van der Waals surface area contributed by atoms with Gasteiger partial charge in [-0.2, -0.15) is 0 Å². The molecular formula is C17H25N5O3. The van der Waals surface area contributed by atoms with E-state index in [9.17, 15) is 14.8 Å². The Hall–Kier alpha value is -2.61. The Morgan fingerprint density at radius 3 is 3.00 bits per heavy atom. The van der Waals surface area contributed by atoms with Crippen molar-refractivity contribution in [1.29, 1.82) is 0 Å². The third-order valence-electron chi connectivity index (χ3n) is 3.99. The molecule has 4 N–H and O–H groups in total. The molecule has 1 aromatic rings. The van der Waals surface area contributed by atoms with E-state index < -0.39 is 5.92 Å². The van der Waals surface area contributed by atoms with Gasteiger partial charge in [-0.3, -0.25) is 25.6 Å². The number of anilines is 1. The van der Waals surface area contributed by atoms with Crippen LogP contribution in [0.25, 0.3) is 0 Å². The van der Waals surface area contributed by atoms with E-state index in [4.69, 9.17) is 0 Å². The van der Waals surface area contributed by atoms with Crippen LogP contribution in [0.3, 0.4) is 0 Å². The number of amidine groups is 1. The van der Waals surface area contributed by atoms with E-state index in [-0.39, 0.29) is 12.5 Å². The first kappa shape index (κ1) is 18.7. The molecule has 8 heteroatoms. The number of aliphatic imine (C=N–C) groups is 1. The monoisotopic (exact) mass is 347 g/mol. The molecule has 0 radical (unpaired) electrons. The SMILES string of the molecule is CCCCC[C@@H](CN(O)C=O)C(=O)NNC1=Nc2ccccc2NC1. The minimum absolute atomic E-state index is 0.0334. The molecule has 0 aliphatic carbocycles. The lowest BCUT2D eigenvalue weighted by atomic mass is 10.0. The van der Waals surface area contributed by atoms with E-state index in [0.29, 0.717) is 30.3 Å². The zero-order chi connectivity index (χ0) is 18.1. The highest BCUT2D eigenvalue weighted by atomic mass is 16.5. The molecule has 136 valence electrons. The van der Waals surface area contributed by atoms with Crippen molar-refractivity contribution in [1.82, 2.24) is 15.9 Å². The summed E-state index contributed by atoms with van der Waals surface area (Å²) in [6, 6.07) is 7.64. The summed E-state index contributed by atoms with van der Waals surface area (Å²) in [4.78, 5) is 27.4. The van der Waals surface area contributed by atoms with Gasteiger partial charge in [0.15, 0.2) is 0 Å². The van der Waals surface area contributed by atoms with E-state index in [1.165, 1.54) is 0 Å². The minimum Gasteiger partial charge on any atom is -0.376 e. The summed E-state index contributed by atoms with van der Waals surface area (Å²) in [7, 11) is 0. The molecule has 1 atom stereocenters. The van der Waals surface area contributed by atoms with Gasteiger partial charge >= 0.3 is 0 Å². The average molecular weight is 347 g/mol. The number of nitrogens with zero attached hydrogens (tertiary/aromatic N) is 2. The van der Waals surface area contributed by atoms with Gasteiger partial charge in [-0.15, -0.1) is 0 Å². The maximum absolute atomic E-state index is 12.4. The summed E-state index contributed by atoms with van der Waals surface area (Å²) in [6.07, 6.45) is 3.79. The van der Waals surface area contributed by atoms with E-state index in [2.05, 4.69) is 28.1 Å². The van der Waals surface area contributed by atoms with E-state index in [1.54, 1.807) is 0 Å². The predicted molar refractivity (Wildman–Crippen MR) is 95.5 cm³/mol. The van der Waals surface area contributed by atoms with Crippen LogP contribution in [0.1, 0.15) is 32.6 Å². The third-order valence-corrected chi connectivity index (χ3v) is 3.99. The van der Waals surface area contributed by atoms with Crippen molar-refractivity contribution in [3.63, 3.8) is 0 Å². The highest BCUT2D eigenvalue weighted by molar-refractivity contribution is 5.94. The fourth-order valence-corrected chi connectivity index (χ4v) is 2.61.